The molecule has 0 amide bonds. The number of ether oxygens (including phenoxy) is 1. The average Bonchev–Trinajstić information content (AvgIpc) is 2.98. The summed E-state index contributed by atoms with van der Waals surface area (Å²) in [5, 5.41) is 1.61. The van der Waals surface area contributed by atoms with Gasteiger partial charge >= 0.3 is 0 Å². The summed E-state index contributed by atoms with van der Waals surface area (Å²) in [4.78, 5) is 14.3. The molecule has 2 aromatic heterocycles. The number of rotatable bonds is 9. The van der Waals surface area contributed by atoms with Gasteiger partial charge in [-0.15, -0.1) is 0 Å². The van der Waals surface area contributed by atoms with Crippen molar-refractivity contribution in [3.63, 3.8) is 0 Å². The fourth-order valence-electron chi connectivity index (χ4n) is 4.74. The molecule has 0 radical (unpaired) electrons. The van der Waals surface area contributed by atoms with Crippen molar-refractivity contribution in [2.45, 2.75) is 59.3 Å². The van der Waals surface area contributed by atoms with Crippen LogP contribution in [-0.4, -0.2) is 44.0 Å². The highest BCUT2D eigenvalue weighted by Crippen LogP contribution is 2.34. The lowest BCUT2D eigenvalue weighted by molar-refractivity contribution is 0.277. The van der Waals surface area contributed by atoms with E-state index in [4.69, 9.17) is 21.6 Å². The number of aromatic nitrogens is 2. The van der Waals surface area contributed by atoms with E-state index < -0.39 is 11.6 Å². The Morgan fingerprint density at radius 3 is 2.35 bits per heavy atom. The Hall–Kier alpha value is -2.78. The Morgan fingerprint density at radius 2 is 1.70 bits per heavy atom. The van der Waals surface area contributed by atoms with E-state index in [1.54, 1.807) is 14.2 Å². The van der Waals surface area contributed by atoms with Gasteiger partial charge in [0.15, 0.2) is 0 Å². The lowest BCUT2D eigenvalue weighted by atomic mass is 9.92. The number of fused-ring (bicyclic) bond motifs is 1. The van der Waals surface area contributed by atoms with Crippen LogP contribution in [-0.2, 0) is 11.2 Å². The molecule has 4 rings (SSSR count). The second kappa shape index (κ2) is 18.1. The first kappa shape index (κ1) is 36.4. The first-order chi connectivity index (χ1) is 20.6. The molecule has 0 bridgehead atoms. The Bertz CT molecular complexity index is 1530. The van der Waals surface area contributed by atoms with Gasteiger partial charge in [0.05, 0.1) is 26.4 Å². The van der Waals surface area contributed by atoms with E-state index in [1.807, 2.05) is 44.3 Å². The molecule has 0 spiro atoms. The number of nitrogens with zero attached hydrogens (tertiary/aromatic N) is 3. The first-order valence-electron chi connectivity index (χ1n) is 14.3. The van der Waals surface area contributed by atoms with Crippen molar-refractivity contribution in [2.75, 3.05) is 27.8 Å². The third-order valence-electron chi connectivity index (χ3n) is 6.72. The van der Waals surface area contributed by atoms with Crippen molar-refractivity contribution in [1.29, 1.82) is 0 Å². The molecular weight excluding hydrogens is 634 g/mol. The van der Waals surface area contributed by atoms with Crippen molar-refractivity contribution < 1.29 is 13.5 Å². The van der Waals surface area contributed by atoms with Gasteiger partial charge in [-0.05, 0) is 96.7 Å². The number of pyridine rings is 2. The van der Waals surface area contributed by atoms with Crippen molar-refractivity contribution in [2.24, 2.45) is 10.7 Å². The quantitative estimate of drug-likeness (QED) is 0.142. The Labute approximate surface area is 268 Å². The van der Waals surface area contributed by atoms with E-state index in [2.05, 4.69) is 51.3 Å². The first-order valence-corrected chi connectivity index (χ1v) is 15.5. The van der Waals surface area contributed by atoms with E-state index in [0.717, 1.165) is 70.7 Å². The molecule has 2 aromatic carbocycles. The third-order valence-corrected chi connectivity index (χ3v) is 7.71. The molecule has 0 aliphatic rings. The number of nitrogens with two attached hydrogens (primary N) is 1. The maximum atomic E-state index is 15.0. The van der Waals surface area contributed by atoms with Crippen LogP contribution < -0.4 is 5.73 Å². The predicted octanol–water partition coefficient (Wildman–Crippen LogP) is 9.40. The summed E-state index contributed by atoms with van der Waals surface area (Å²) in [5.41, 5.74) is 11.0. The Morgan fingerprint density at radius 1 is 1.00 bits per heavy atom. The number of aryl methyl sites for hydroxylation is 2. The van der Waals surface area contributed by atoms with Gasteiger partial charge in [0.2, 0.25) is 0 Å². The van der Waals surface area contributed by atoms with Crippen molar-refractivity contribution in [1.82, 2.24) is 9.97 Å². The zero-order chi connectivity index (χ0) is 32.1. The Kier molecular flexibility index (Phi) is 15.3. The number of aliphatic imine (C=N–C) groups is 1. The molecule has 0 saturated heterocycles. The topological polar surface area (TPSA) is 73.4 Å². The maximum Gasteiger partial charge on any atom is 0.140 e. The minimum Gasteiger partial charge on any atom is -0.388 e. The molecule has 1 unspecified atom stereocenters. The SMILES string of the molecule is CCCc1c(C)cc(C(CCC)CN=Cc2ccc3nc(C)c(Cl)cc3c2)nc1-c1cc(Br)c(F)cc1F.CN.COC. The fourth-order valence-corrected chi connectivity index (χ4v) is 5.24. The highest BCUT2D eigenvalue weighted by Gasteiger charge is 2.20. The predicted molar refractivity (Wildman–Crippen MR) is 181 cm³/mol. The number of benzene rings is 2. The molecule has 0 aliphatic heterocycles. The molecule has 0 saturated carbocycles. The van der Waals surface area contributed by atoms with Gasteiger partial charge in [0.25, 0.3) is 0 Å². The zero-order valence-corrected chi connectivity index (χ0v) is 28.4. The van der Waals surface area contributed by atoms with Crippen LogP contribution in [0.1, 0.15) is 67.1 Å². The maximum absolute atomic E-state index is 15.0. The molecule has 5 nitrogen and oxygen atoms in total. The van der Waals surface area contributed by atoms with Crippen molar-refractivity contribution in [3.8, 4) is 11.3 Å². The van der Waals surface area contributed by atoms with E-state index in [-0.39, 0.29) is 10.4 Å². The highest BCUT2D eigenvalue weighted by atomic mass is 79.9. The van der Waals surface area contributed by atoms with E-state index in [0.29, 0.717) is 22.8 Å². The zero-order valence-electron chi connectivity index (χ0n) is 26.1. The summed E-state index contributed by atoms with van der Waals surface area (Å²) in [6.07, 6.45) is 5.38. The van der Waals surface area contributed by atoms with Crippen LogP contribution in [0.2, 0.25) is 5.02 Å². The van der Waals surface area contributed by atoms with Crippen LogP contribution in [0.3, 0.4) is 0 Å². The molecule has 0 fully saturated rings. The van der Waals surface area contributed by atoms with E-state index >= 15 is 0 Å². The van der Waals surface area contributed by atoms with Crippen LogP contribution in [0, 0.1) is 25.5 Å². The number of hydrogen-bond donors (Lipinski definition) is 1. The van der Waals surface area contributed by atoms with E-state index in [1.165, 1.54) is 13.1 Å². The van der Waals surface area contributed by atoms with E-state index in [9.17, 15) is 8.78 Å². The Balaban J connectivity index is 0.00000121. The van der Waals surface area contributed by atoms with Crippen LogP contribution in [0.15, 0.2) is 51.9 Å². The second-order valence-electron chi connectivity index (χ2n) is 10.1. The smallest absolute Gasteiger partial charge is 0.140 e. The largest absolute Gasteiger partial charge is 0.388 e. The van der Waals surface area contributed by atoms with Crippen LogP contribution in [0.25, 0.3) is 22.2 Å². The van der Waals surface area contributed by atoms with Gasteiger partial charge in [-0.25, -0.2) is 8.78 Å². The third kappa shape index (κ3) is 9.86. The minimum atomic E-state index is -0.628. The summed E-state index contributed by atoms with van der Waals surface area (Å²) in [5.74, 6) is -1.18. The lowest BCUT2D eigenvalue weighted by Gasteiger charge is -2.19. The van der Waals surface area contributed by atoms with Gasteiger partial charge in [-0.1, -0.05) is 44.4 Å². The molecule has 232 valence electrons. The summed E-state index contributed by atoms with van der Waals surface area (Å²) < 4.78 is 33.4. The molecule has 1 atom stereocenters. The fraction of sp³-hybridized carbons (Fsp3) is 0.382. The number of halogens is 4. The standard InChI is InChI=1S/C31H31BrClF2N3.C2H6O.CH5N/c1-5-7-21(17-36-16-20-9-10-29-22(12-20)13-26(33)19(4)37-29)30-11-18(3)23(8-6-2)31(38-30)24-14-25(32)28(35)15-27(24)34;1-3-2;1-2/h9-16,21H,5-8,17H2,1-4H3;1-2H3;2H2,1H3. The van der Waals surface area contributed by atoms with Crippen LogP contribution in [0.4, 0.5) is 8.78 Å². The molecule has 2 heterocycles. The van der Waals surface area contributed by atoms with Crippen LogP contribution in [0.5, 0.6) is 0 Å². The van der Waals surface area contributed by atoms with Gasteiger partial charge in [-0.2, -0.15) is 0 Å². The van der Waals surface area contributed by atoms with Gasteiger partial charge in [-0.3, -0.25) is 15.0 Å². The molecule has 4 aromatic rings. The van der Waals surface area contributed by atoms with Gasteiger partial charge in [0, 0.05) is 55.6 Å². The summed E-state index contributed by atoms with van der Waals surface area (Å²) in [6, 6.07) is 12.4. The molecule has 43 heavy (non-hydrogen) atoms. The summed E-state index contributed by atoms with van der Waals surface area (Å²) >= 11 is 9.48. The second-order valence-corrected chi connectivity index (χ2v) is 11.3. The van der Waals surface area contributed by atoms with Crippen LogP contribution >= 0.6 is 27.5 Å². The van der Waals surface area contributed by atoms with Crippen molar-refractivity contribution >= 4 is 44.6 Å². The molecule has 9 heteroatoms. The number of methoxy groups -OCH3 is 1. The molecular formula is C34H42BrClF2N4O. The van der Waals surface area contributed by atoms with Gasteiger partial charge in [0.1, 0.15) is 11.6 Å². The molecule has 0 aliphatic carbocycles. The monoisotopic (exact) mass is 674 g/mol. The molecule has 2 N–H and O–H groups in total. The van der Waals surface area contributed by atoms with Crippen molar-refractivity contribution in [3.05, 3.63) is 91.7 Å². The number of hydrogen-bond acceptors (Lipinski definition) is 5. The minimum absolute atomic E-state index is 0.0653. The average molecular weight is 676 g/mol. The summed E-state index contributed by atoms with van der Waals surface area (Å²) in [6.45, 7) is 8.70. The lowest BCUT2D eigenvalue weighted by Crippen LogP contribution is -2.10. The highest BCUT2D eigenvalue weighted by molar-refractivity contribution is 9.10. The normalized spacial score (nSPS) is 11.6. The summed E-state index contributed by atoms with van der Waals surface area (Å²) in [7, 11) is 4.75. The van der Waals surface area contributed by atoms with Gasteiger partial charge < -0.3 is 10.5 Å².